The van der Waals surface area contributed by atoms with E-state index in [-0.39, 0.29) is 12.2 Å². The maximum Gasteiger partial charge on any atom is 0.241 e. The monoisotopic (exact) mass is 294 g/mol. The smallest absolute Gasteiger partial charge is 0.241 e. The maximum absolute atomic E-state index is 12.9. The van der Waals surface area contributed by atoms with Gasteiger partial charge in [-0.3, -0.25) is 10.1 Å². The Morgan fingerprint density at radius 1 is 1.19 bits per heavy atom. The Hall–Kier alpha value is -0.570. The van der Waals surface area contributed by atoms with Crippen LogP contribution < -0.4 is 5.32 Å². The average molecular weight is 294 g/mol. The molecule has 0 aromatic rings. The third-order valence-electron chi connectivity index (χ3n) is 5.35. The summed E-state index contributed by atoms with van der Waals surface area (Å²) in [6, 6.07) is 0.500. The SMILES string of the molecule is CCC1NC(CC(C)C)C(=O)N1C(CC)C1CCCCC1. The fraction of sp³-hybridized carbons (Fsp3) is 0.944. The second-order valence-electron chi connectivity index (χ2n) is 7.39. The first-order chi connectivity index (χ1) is 10.1. The standard InChI is InChI=1S/C18H34N2O/c1-5-16(14-10-8-7-9-11-14)20-17(6-2)19-15(18(20)21)12-13(3)4/h13-17,19H,5-12H2,1-4H3. The Balaban J connectivity index is 2.11. The number of hydrogen-bond donors (Lipinski definition) is 1. The molecule has 1 heterocycles. The molecule has 1 amide bonds. The van der Waals surface area contributed by atoms with Gasteiger partial charge in [-0.1, -0.05) is 47.0 Å². The van der Waals surface area contributed by atoms with Crippen molar-refractivity contribution in [1.29, 1.82) is 0 Å². The first-order valence-corrected chi connectivity index (χ1v) is 9.16. The largest absolute Gasteiger partial charge is 0.323 e. The predicted molar refractivity (Wildman–Crippen MR) is 88.0 cm³/mol. The number of nitrogens with zero attached hydrogens (tertiary/aromatic N) is 1. The van der Waals surface area contributed by atoms with Gasteiger partial charge >= 0.3 is 0 Å². The van der Waals surface area contributed by atoms with Crippen molar-refractivity contribution in [3.8, 4) is 0 Å². The first-order valence-electron chi connectivity index (χ1n) is 9.16. The molecule has 1 aliphatic heterocycles. The van der Waals surface area contributed by atoms with Gasteiger partial charge in [0.2, 0.25) is 5.91 Å². The van der Waals surface area contributed by atoms with Crippen LogP contribution in [-0.4, -0.2) is 29.1 Å². The van der Waals surface area contributed by atoms with Gasteiger partial charge in [-0.2, -0.15) is 0 Å². The summed E-state index contributed by atoms with van der Waals surface area (Å²) in [6.45, 7) is 8.87. The van der Waals surface area contributed by atoms with Crippen molar-refractivity contribution >= 4 is 5.91 Å². The van der Waals surface area contributed by atoms with Crippen LogP contribution in [0, 0.1) is 11.8 Å². The number of carbonyl (C=O) groups is 1. The Labute approximate surface area is 130 Å². The van der Waals surface area contributed by atoms with Crippen molar-refractivity contribution < 1.29 is 4.79 Å². The van der Waals surface area contributed by atoms with Crippen LogP contribution in [-0.2, 0) is 4.79 Å². The van der Waals surface area contributed by atoms with Crippen molar-refractivity contribution in [2.24, 2.45) is 11.8 Å². The third-order valence-corrected chi connectivity index (χ3v) is 5.35. The average Bonchev–Trinajstić information content (AvgIpc) is 2.78. The van der Waals surface area contributed by atoms with E-state index in [4.69, 9.17) is 0 Å². The molecule has 0 radical (unpaired) electrons. The summed E-state index contributed by atoms with van der Waals surface area (Å²) in [5, 5.41) is 3.60. The van der Waals surface area contributed by atoms with Crippen LogP contribution in [0.3, 0.4) is 0 Å². The molecule has 1 aliphatic carbocycles. The molecule has 0 aromatic carbocycles. The highest BCUT2D eigenvalue weighted by molar-refractivity contribution is 5.84. The minimum absolute atomic E-state index is 0.0487. The van der Waals surface area contributed by atoms with E-state index in [0.29, 0.717) is 17.9 Å². The van der Waals surface area contributed by atoms with Crippen molar-refractivity contribution in [3.05, 3.63) is 0 Å². The number of nitrogens with one attached hydrogen (secondary N) is 1. The highest BCUT2D eigenvalue weighted by atomic mass is 16.2. The van der Waals surface area contributed by atoms with Gasteiger partial charge in [0.25, 0.3) is 0 Å². The van der Waals surface area contributed by atoms with E-state index >= 15 is 0 Å². The molecule has 2 aliphatic rings. The Bertz CT molecular complexity index is 336. The topological polar surface area (TPSA) is 32.3 Å². The van der Waals surface area contributed by atoms with E-state index < -0.39 is 0 Å². The zero-order valence-electron chi connectivity index (χ0n) is 14.4. The molecule has 3 unspecified atom stereocenters. The maximum atomic E-state index is 12.9. The van der Waals surface area contributed by atoms with Crippen molar-refractivity contribution in [2.45, 2.75) is 97.3 Å². The van der Waals surface area contributed by atoms with Gasteiger partial charge in [-0.05, 0) is 43.9 Å². The number of amides is 1. The van der Waals surface area contributed by atoms with Gasteiger partial charge in [0, 0.05) is 6.04 Å². The highest BCUT2D eigenvalue weighted by Crippen LogP contribution is 2.34. The summed E-state index contributed by atoms with van der Waals surface area (Å²) < 4.78 is 0. The van der Waals surface area contributed by atoms with E-state index in [1.54, 1.807) is 0 Å². The second-order valence-corrected chi connectivity index (χ2v) is 7.39. The fourth-order valence-electron chi connectivity index (χ4n) is 4.34. The van der Waals surface area contributed by atoms with Crippen LogP contribution in [0.4, 0.5) is 0 Å². The van der Waals surface area contributed by atoms with Crippen LogP contribution >= 0.6 is 0 Å². The van der Waals surface area contributed by atoms with Crippen LogP contribution in [0.25, 0.3) is 0 Å². The predicted octanol–water partition coefficient (Wildman–Crippen LogP) is 3.93. The molecule has 1 saturated carbocycles. The van der Waals surface area contributed by atoms with Gasteiger partial charge < -0.3 is 4.90 Å². The highest BCUT2D eigenvalue weighted by Gasteiger charge is 2.43. The Morgan fingerprint density at radius 2 is 1.86 bits per heavy atom. The van der Waals surface area contributed by atoms with Gasteiger partial charge in [-0.15, -0.1) is 0 Å². The molecule has 0 bridgehead atoms. The minimum atomic E-state index is 0.0487. The van der Waals surface area contributed by atoms with E-state index in [9.17, 15) is 4.79 Å². The van der Waals surface area contributed by atoms with Gasteiger partial charge in [0.05, 0.1) is 12.2 Å². The molecule has 0 aromatic heterocycles. The van der Waals surface area contributed by atoms with E-state index in [1.807, 2.05) is 0 Å². The molecular formula is C18H34N2O. The summed E-state index contributed by atoms with van der Waals surface area (Å²) in [7, 11) is 0. The fourth-order valence-corrected chi connectivity index (χ4v) is 4.34. The number of carbonyl (C=O) groups excluding carboxylic acids is 1. The van der Waals surface area contributed by atoms with E-state index in [0.717, 1.165) is 25.2 Å². The molecule has 1 N–H and O–H groups in total. The Morgan fingerprint density at radius 3 is 2.38 bits per heavy atom. The summed E-state index contributed by atoms with van der Waals surface area (Å²) in [5.74, 6) is 1.66. The molecule has 1 saturated heterocycles. The van der Waals surface area contributed by atoms with Crippen LogP contribution in [0.15, 0.2) is 0 Å². The lowest BCUT2D eigenvalue weighted by Gasteiger charge is -2.39. The zero-order chi connectivity index (χ0) is 15.4. The molecule has 21 heavy (non-hydrogen) atoms. The molecule has 122 valence electrons. The van der Waals surface area contributed by atoms with Crippen molar-refractivity contribution in [1.82, 2.24) is 10.2 Å². The molecule has 3 nitrogen and oxygen atoms in total. The lowest BCUT2D eigenvalue weighted by molar-refractivity contribution is -0.134. The Kier molecular flexibility index (Phi) is 6.09. The number of rotatable bonds is 6. The summed E-state index contributed by atoms with van der Waals surface area (Å²) >= 11 is 0. The van der Waals surface area contributed by atoms with E-state index in [2.05, 4.69) is 37.9 Å². The lowest BCUT2D eigenvalue weighted by atomic mass is 9.82. The summed E-state index contributed by atoms with van der Waals surface area (Å²) in [6.07, 6.45) is 10.0. The quantitative estimate of drug-likeness (QED) is 0.805. The molecule has 2 fully saturated rings. The molecule has 0 spiro atoms. The van der Waals surface area contributed by atoms with Crippen LogP contribution in [0.5, 0.6) is 0 Å². The van der Waals surface area contributed by atoms with Crippen LogP contribution in [0.1, 0.15) is 79.1 Å². The molecule has 2 rings (SSSR count). The van der Waals surface area contributed by atoms with E-state index in [1.165, 1.54) is 32.1 Å². The van der Waals surface area contributed by atoms with Crippen molar-refractivity contribution in [2.75, 3.05) is 0 Å². The molecule has 3 atom stereocenters. The summed E-state index contributed by atoms with van der Waals surface area (Å²) in [5.41, 5.74) is 0. The number of hydrogen-bond acceptors (Lipinski definition) is 2. The normalized spacial score (nSPS) is 29.4. The molecule has 3 heteroatoms. The van der Waals surface area contributed by atoms with Crippen LogP contribution in [0.2, 0.25) is 0 Å². The van der Waals surface area contributed by atoms with Gasteiger partial charge in [0.15, 0.2) is 0 Å². The van der Waals surface area contributed by atoms with Crippen molar-refractivity contribution in [3.63, 3.8) is 0 Å². The second kappa shape index (κ2) is 7.62. The third kappa shape index (κ3) is 3.80. The zero-order valence-corrected chi connectivity index (χ0v) is 14.4. The minimum Gasteiger partial charge on any atom is -0.323 e. The first kappa shape index (κ1) is 16.8. The van der Waals surface area contributed by atoms with Gasteiger partial charge in [-0.25, -0.2) is 0 Å². The van der Waals surface area contributed by atoms with Gasteiger partial charge in [0.1, 0.15) is 0 Å². The summed E-state index contributed by atoms with van der Waals surface area (Å²) in [4.78, 5) is 15.2. The lowest BCUT2D eigenvalue weighted by Crippen LogP contribution is -2.48. The molecular weight excluding hydrogens is 260 g/mol.